The molecular formula is C16H16FN3O. The summed E-state index contributed by atoms with van der Waals surface area (Å²) in [5.74, 6) is -0.418. The largest absolute Gasteiger partial charge is 0.306 e. The molecule has 108 valence electrons. The molecule has 1 amide bonds. The second kappa shape index (κ2) is 5.61. The Labute approximate surface area is 122 Å². The van der Waals surface area contributed by atoms with Crippen LogP contribution in [0.3, 0.4) is 0 Å². The lowest BCUT2D eigenvalue weighted by Gasteiger charge is -2.24. The Kier molecular flexibility index (Phi) is 3.66. The highest BCUT2D eigenvalue weighted by Crippen LogP contribution is 2.25. The van der Waals surface area contributed by atoms with Gasteiger partial charge >= 0.3 is 0 Å². The molecule has 1 unspecified atom stereocenters. The van der Waals surface area contributed by atoms with E-state index >= 15 is 0 Å². The first-order valence-electron chi connectivity index (χ1n) is 6.87. The van der Waals surface area contributed by atoms with Crippen LogP contribution in [0.5, 0.6) is 0 Å². The third-order valence-electron chi connectivity index (χ3n) is 3.62. The molecule has 0 radical (unpaired) electrons. The number of pyridine rings is 1. The third-order valence-corrected chi connectivity index (χ3v) is 3.62. The third kappa shape index (κ3) is 2.78. The highest BCUT2D eigenvalue weighted by molar-refractivity contribution is 5.98. The van der Waals surface area contributed by atoms with E-state index < -0.39 is 5.82 Å². The van der Waals surface area contributed by atoms with Crippen molar-refractivity contribution >= 4 is 11.6 Å². The summed E-state index contributed by atoms with van der Waals surface area (Å²) < 4.78 is 13.3. The fourth-order valence-electron chi connectivity index (χ4n) is 2.51. The van der Waals surface area contributed by atoms with Crippen LogP contribution in [0.15, 0.2) is 42.7 Å². The zero-order valence-corrected chi connectivity index (χ0v) is 11.7. The van der Waals surface area contributed by atoms with Gasteiger partial charge in [0.2, 0.25) is 5.91 Å². The molecule has 5 heteroatoms. The fraction of sp³-hybridized carbons (Fsp3) is 0.250. The van der Waals surface area contributed by atoms with E-state index in [1.807, 2.05) is 31.2 Å². The van der Waals surface area contributed by atoms with Gasteiger partial charge in [-0.05, 0) is 30.2 Å². The van der Waals surface area contributed by atoms with Crippen LogP contribution in [0.25, 0.3) is 0 Å². The van der Waals surface area contributed by atoms with Crippen LogP contribution in [-0.4, -0.2) is 16.9 Å². The van der Waals surface area contributed by atoms with Gasteiger partial charge in [0, 0.05) is 18.4 Å². The van der Waals surface area contributed by atoms with Gasteiger partial charge < -0.3 is 10.2 Å². The first-order chi connectivity index (χ1) is 10.1. The number of carbonyl (C=O) groups excluding carboxylic acids is 1. The molecule has 1 aliphatic rings. The first kappa shape index (κ1) is 13.7. The summed E-state index contributed by atoms with van der Waals surface area (Å²) in [7, 11) is 0. The molecule has 2 heterocycles. The molecule has 1 atom stereocenters. The summed E-state index contributed by atoms with van der Waals surface area (Å²) in [5.41, 5.74) is 2.59. The van der Waals surface area contributed by atoms with Gasteiger partial charge in [-0.1, -0.05) is 18.2 Å². The second-order valence-corrected chi connectivity index (χ2v) is 5.17. The number of amides is 1. The van der Waals surface area contributed by atoms with Gasteiger partial charge in [0.25, 0.3) is 0 Å². The molecule has 0 spiro atoms. The number of anilines is 1. The van der Waals surface area contributed by atoms with Crippen LogP contribution < -0.4 is 10.2 Å². The minimum atomic E-state index is -0.394. The van der Waals surface area contributed by atoms with E-state index in [2.05, 4.69) is 10.3 Å². The van der Waals surface area contributed by atoms with Gasteiger partial charge in [0.15, 0.2) is 0 Å². The van der Waals surface area contributed by atoms with Crippen molar-refractivity contribution < 1.29 is 9.18 Å². The zero-order chi connectivity index (χ0) is 14.8. The predicted octanol–water partition coefficient (Wildman–Crippen LogP) is 2.25. The van der Waals surface area contributed by atoms with Crippen molar-refractivity contribution in [3.8, 4) is 0 Å². The lowest BCUT2D eigenvalue weighted by molar-refractivity contribution is -0.120. The number of hydrogen-bond acceptors (Lipinski definition) is 3. The standard InChI is InChI=1S/C16H16FN3O/c1-11-16(21)20(10-12-6-14(17)9-18-7-12)15-5-3-2-4-13(15)8-19-11/h2-7,9,11,19H,8,10H2,1H3. The Bertz CT molecular complexity index is 674. The van der Waals surface area contributed by atoms with Crippen molar-refractivity contribution in [3.63, 3.8) is 0 Å². The van der Waals surface area contributed by atoms with Crippen LogP contribution in [-0.2, 0) is 17.9 Å². The van der Waals surface area contributed by atoms with E-state index in [4.69, 9.17) is 0 Å². The molecule has 1 aliphatic heterocycles. The number of benzene rings is 1. The zero-order valence-electron chi connectivity index (χ0n) is 11.7. The topological polar surface area (TPSA) is 45.2 Å². The number of halogens is 1. The average Bonchev–Trinajstić information content (AvgIpc) is 2.60. The van der Waals surface area contributed by atoms with Crippen molar-refractivity contribution in [2.24, 2.45) is 0 Å². The number of nitrogens with zero attached hydrogens (tertiary/aromatic N) is 2. The fourth-order valence-corrected chi connectivity index (χ4v) is 2.51. The van der Waals surface area contributed by atoms with E-state index in [0.29, 0.717) is 18.7 Å². The Balaban J connectivity index is 1.99. The number of para-hydroxylation sites is 1. The number of nitrogens with one attached hydrogen (secondary N) is 1. The maximum absolute atomic E-state index is 13.3. The van der Waals surface area contributed by atoms with Crippen molar-refractivity contribution in [2.75, 3.05) is 4.90 Å². The van der Waals surface area contributed by atoms with E-state index in [9.17, 15) is 9.18 Å². The lowest BCUT2D eigenvalue weighted by Crippen LogP contribution is -2.42. The van der Waals surface area contributed by atoms with Gasteiger partial charge in [-0.25, -0.2) is 4.39 Å². The Morgan fingerprint density at radius 2 is 2.19 bits per heavy atom. The molecule has 4 nitrogen and oxygen atoms in total. The molecule has 2 aromatic rings. The SMILES string of the molecule is CC1NCc2ccccc2N(Cc2cncc(F)c2)C1=O. The van der Waals surface area contributed by atoms with E-state index in [0.717, 1.165) is 17.4 Å². The quantitative estimate of drug-likeness (QED) is 0.920. The van der Waals surface area contributed by atoms with E-state index in [1.165, 1.54) is 6.07 Å². The van der Waals surface area contributed by atoms with Crippen LogP contribution in [0.1, 0.15) is 18.1 Å². The molecule has 3 rings (SSSR count). The number of rotatable bonds is 2. The molecular weight excluding hydrogens is 269 g/mol. The number of aromatic nitrogens is 1. The van der Waals surface area contributed by atoms with Crippen molar-refractivity contribution in [1.29, 1.82) is 0 Å². The summed E-state index contributed by atoms with van der Waals surface area (Å²) in [4.78, 5) is 18.1. The highest BCUT2D eigenvalue weighted by Gasteiger charge is 2.27. The molecule has 0 aliphatic carbocycles. The maximum atomic E-state index is 13.3. The monoisotopic (exact) mass is 285 g/mol. The minimum absolute atomic E-state index is 0.0239. The van der Waals surface area contributed by atoms with Gasteiger partial charge in [-0.3, -0.25) is 9.78 Å². The summed E-state index contributed by atoms with van der Waals surface area (Å²) in [6.07, 6.45) is 2.74. The maximum Gasteiger partial charge on any atom is 0.244 e. The van der Waals surface area contributed by atoms with Crippen LogP contribution in [0, 0.1) is 5.82 Å². The Morgan fingerprint density at radius 1 is 1.38 bits per heavy atom. The van der Waals surface area contributed by atoms with Gasteiger partial charge in [-0.15, -0.1) is 0 Å². The van der Waals surface area contributed by atoms with Crippen LogP contribution in [0.2, 0.25) is 0 Å². The molecule has 1 aromatic carbocycles. The molecule has 0 saturated heterocycles. The molecule has 21 heavy (non-hydrogen) atoms. The number of fused-ring (bicyclic) bond motifs is 1. The predicted molar refractivity (Wildman–Crippen MR) is 78.1 cm³/mol. The molecule has 1 N–H and O–H groups in total. The molecule has 0 fully saturated rings. The average molecular weight is 285 g/mol. The van der Waals surface area contributed by atoms with Crippen molar-refractivity contribution in [1.82, 2.24) is 10.3 Å². The van der Waals surface area contributed by atoms with Gasteiger partial charge in [-0.2, -0.15) is 0 Å². The highest BCUT2D eigenvalue weighted by atomic mass is 19.1. The normalized spacial score (nSPS) is 18.3. The molecule has 1 aromatic heterocycles. The van der Waals surface area contributed by atoms with Crippen molar-refractivity contribution in [2.45, 2.75) is 26.1 Å². The second-order valence-electron chi connectivity index (χ2n) is 5.17. The molecule has 0 bridgehead atoms. The molecule has 0 saturated carbocycles. The summed E-state index contributed by atoms with van der Waals surface area (Å²) in [6, 6.07) is 8.89. The summed E-state index contributed by atoms with van der Waals surface area (Å²) >= 11 is 0. The van der Waals surface area contributed by atoms with Gasteiger partial charge in [0.05, 0.1) is 18.8 Å². The van der Waals surface area contributed by atoms with E-state index in [1.54, 1.807) is 11.1 Å². The van der Waals surface area contributed by atoms with Crippen LogP contribution >= 0.6 is 0 Å². The number of carbonyl (C=O) groups is 1. The summed E-state index contributed by atoms with van der Waals surface area (Å²) in [5, 5.41) is 3.20. The van der Waals surface area contributed by atoms with Gasteiger partial charge in [0.1, 0.15) is 5.82 Å². The van der Waals surface area contributed by atoms with E-state index in [-0.39, 0.29) is 11.9 Å². The number of hydrogen-bond donors (Lipinski definition) is 1. The Hall–Kier alpha value is -2.27. The van der Waals surface area contributed by atoms with Crippen molar-refractivity contribution in [3.05, 3.63) is 59.7 Å². The summed E-state index contributed by atoms with van der Waals surface area (Å²) in [6.45, 7) is 2.79. The smallest absolute Gasteiger partial charge is 0.244 e. The Morgan fingerprint density at radius 3 is 3.00 bits per heavy atom. The first-order valence-corrected chi connectivity index (χ1v) is 6.87. The minimum Gasteiger partial charge on any atom is -0.306 e. The van der Waals surface area contributed by atoms with Crippen LogP contribution in [0.4, 0.5) is 10.1 Å². The lowest BCUT2D eigenvalue weighted by atomic mass is 10.1.